The van der Waals surface area contributed by atoms with Gasteiger partial charge < -0.3 is 5.32 Å². The highest BCUT2D eigenvalue weighted by atomic mass is 35.5. The lowest BCUT2D eigenvalue weighted by molar-refractivity contribution is 1.09. The number of halogens is 1. The molecule has 0 aromatic carbocycles. The zero-order valence-electron chi connectivity index (χ0n) is 6.98. The Morgan fingerprint density at radius 2 is 2.33 bits per heavy atom. The molecule has 2 N–H and O–H groups in total. The summed E-state index contributed by atoms with van der Waals surface area (Å²) in [6.45, 7) is 1.77. The van der Waals surface area contributed by atoms with E-state index in [4.69, 9.17) is 17.0 Å². The monoisotopic (exact) mass is 183 g/mol. The zero-order valence-corrected chi connectivity index (χ0v) is 7.74. The summed E-state index contributed by atoms with van der Waals surface area (Å²) in [6.07, 6.45) is 3.39. The van der Waals surface area contributed by atoms with Crippen LogP contribution in [0.5, 0.6) is 0 Å². The van der Waals surface area contributed by atoms with Crippen LogP contribution >= 0.6 is 11.6 Å². The quantitative estimate of drug-likeness (QED) is 0.597. The maximum Gasteiger partial charge on any atom is 0.130 e. The highest BCUT2D eigenvalue weighted by Gasteiger charge is 2.12. The van der Waals surface area contributed by atoms with Crippen LogP contribution < -0.4 is 5.32 Å². The first kappa shape index (κ1) is 9.00. The lowest BCUT2D eigenvalue weighted by Gasteiger charge is -2.09. The molecule has 0 fully saturated rings. The third-order valence-electron chi connectivity index (χ3n) is 1.50. The summed E-state index contributed by atoms with van der Waals surface area (Å²) >= 11 is 5.72. The van der Waals surface area contributed by atoms with E-state index in [-0.39, 0.29) is 0 Å². The van der Waals surface area contributed by atoms with E-state index in [0.717, 1.165) is 5.57 Å². The summed E-state index contributed by atoms with van der Waals surface area (Å²) < 4.78 is 0. The van der Waals surface area contributed by atoms with Gasteiger partial charge in [-0.1, -0.05) is 11.6 Å². The Morgan fingerprint density at radius 1 is 1.67 bits per heavy atom. The number of nitrogens with zero attached hydrogens (tertiary/aromatic N) is 1. The predicted octanol–water partition coefficient (Wildman–Crippen LogP) is 1.66. The molecule has 0 saturated carbocycles. The van der Waals surface area contributed by atoms with Gasteiger partial charge in [-0.3, -0.25) is 5.41 Å². The van der Waals surface area contributed by atoms with E-state index < -0.39 is 0 Å². The van der Waals surface area contributed by atoms with E-state index in [1.54, 1.807) is 26.2 Å². The Hall–Kier alpha value is -1.09. The number of hydrogen-bond acceptors (Lipinski definition) is 3. The maximum absolute atomic E-state index is 7.60. The van der Waals surface area contributed by atoms with Crippen LogP contribution in [0.3, 0.4) is 0 Å². The van der Waals surface area contributed by atoms with Crippen molar-refractivity contribution in [3.05, 3.63) is 23.0 Å². The molecule has 1 heterocycles. The van der Waals surface area contributed by atoms with Crippen LogP contribution in [0.25, 0.3) is 0 Å². The molecule has 12 heavy (non-hydrogen) atoms. The smallest absolute Gasteiger partial charge is 0.130 e. The van der Waals surface area contributed by atoms with E-state index in [0.29, 0.717) is 16.6 Å². The van der Waals surface area contributed by atoms with Crippen molar-refractivity contribution in [1.82, 2.24) is 5.32 Å². The molecule has 1 aliphatic heterocycles. The molecule has 0 amide bonds. The third-order valence-corrected chi connectivity index (χ3v) is 1.69. The average molecular weight is 184 g/mol. The fourth-order valence-corrected chi connectivity index (χ4v) is 1.17. The first-order chi connectivity index (χ1) is 5.65. The molecule has 64 valence electrons. The van der Waals surface area contributed by atoms with Crippen LogP contribution in [-0.4, -0.2) is 18.5 Å². The Morgan fingerprint density at radius 3 is 2.92 bits per heavy atom. The second-order valence-corrected chi connectivity index (χ2v) is 2.81. The molecule has 0 radical (unpaired) electrons. The normalized spacial score (nSPS) is 20.6. The van der Waals surface area contributed by atoms with Gasteiger partial charge in [0, 0.05) is 18.8 Å². The summed E-state index contributed by atoms with van der Waals surface area (Å²) in [7, 11) is 1.78. The maximum atomic E-state index is 7.60. The second-order valence-electron chi connectivity index (χ2n) is 2.43. The van der Waals surface area contributed by atoms with Crippen molar-refractivity contribution in [3.63, 3.8) is 0 Å². The molecule has 0 aromatic heterocycles. The molecule has 0 saturated heterocycles. The molecule has 0 spiro atoms. The van der Waals surface area contributed by atoms with E-state index in [1.165, 1.54) is 0 Å². The molecular formula is C8H10ClN3. The molecule has 0 aromatic rings. The SMILES string of the molecule is CN/C=C1/C=C(Cl)N=C(C)C1=N. The molecule has 3 nitrogen and oxygen atoms in total. The zero-order chi connectivity index (χ0) is 9.14. The van der Waals surface area contributed by atoms with E-state index in [2.05, 4.69) is 10.3 Å². The lowest BCUT2D eigenvalue weighted by Crippen LogP contribution is -2.16. The van der Waals surface area contributed by atoms with E-state index in [1.807, 2.05) is 0 Å². The van der Waals surface area contributed by atoms with Crippen LogP contribution in [-0.2, 0) is 0 Å². The summed E-state index contributed by atoms with van der Waals surface area (Å²) in [4.78, 5) is 3.95. The Bertz CT molecular complexity index is 299. The Balaban J connectivity index is 3.02. The number of aliphatic imine (C=N–C) groups is 1. The van der Waals surface area contributed by atoms with Gasteiger partial charge in [0.1, 0.15) is 5.16 Å². The van der Waals surface area contributed by atoms with Crippen molar-refractivity contribution >= 4 is 23.0 Å². The van der Waals surface area contributed by atoms with Crippen molar-refractivity contribution < 1.29 is 0 Å². The van der Waals surface area contributed by atoms with Crippen LogP contribution in [0.15, 0.2) is 28.0 Å². The first-order valence-electron chi connectivity index (χ1n) is 3.54. The van der Waals surface area contributed by atoms with Crippen LogP contribution in [0.4, 0.5) is 0 Å². The van der Waals surface area contributed by atoms with Gasteiger partial charge >= 0.3 is 0 Å². The largest absolute Gasteiger partial charge is 0.393 e. The van der Waals surface area contributed by atoms with Gasteiger partial charge in [0.15, 0.2) is 0 Å². The second kappa shape index (κ2) is 3.54. The minimum atomic E-state index is 0.411. The van der Waals surface area contributed by atoms with Gasteiger partial charge in [0.05, 0.1) is 11.4 Å². The molecule has 0 unspecified atom stereocenters. The van der Waals surface area contributed by atoms with Crippen LogP contribution in [0.1, 0.15) is 6.92 Å². The number of nitrogens with one attached hydrogen (secondary N) is 2. The fraction of sp³-hybridized carbons (Fsp3) is 0.250. The van der Waals surface area contributed by atoms with Crippen molar-refractivity contribution in [1.29, 1.82) is 5.41 Å². The fourth-order valence-electron chi connectivity index (χ4n) is 0.927. The summed E-state index contributed by atoms with van der Waals surface area (Å²) in [6, 6.07) is 0. The number of rotatable bonds is 1. The molecule has 0 bridgehead atoms. The van der Waals surface area contributed by atoms with Gasteiger partial charge in [-0.25, -0.2) is 4.99 Å². The molecule has 0 atom stereocenters. The Kier molecular flexibility index (Phi) is 2.65. The number of allylic oxidation sites excluding steroid dienone is 2. The lowest BCUT2D eigenvalue weighted by atomic mass is 10.1. The van der Waals surface area contributed by atoms with Crippen LogP contribution in [0, 0.1) is 5.41 Å². The molecule has 1 aliphatic rings. The van der Waals surface area contributed by atoms with Gasteiger partial charge in [-0.15, -0.1) is 0 Å². The summed E-state index contributed by atoms with van der Waals surface area (Å²) in [5, 5.41) is 10.9. The summed E-state index contributed by atoms with van der Waals surface area (Å²) in [5.74, 6) is 0. The van der Waals surface area contributed by atoms with Gasteiger partial charge in [-0.2, -0.15) is 0 Å². The van der Waals surface area contributed by atoms with Crippen molar-refractivity contribution in [3.8, 4) is 0 Å². The van der Waals surface area contributed by atoms with E-state index in [9.17, 15) is 0 Å². The van der Waals surface area contributed by atoms with Gasteiger partial charge in [0.25, 0.3) is 0 Å². The minimum absolute atomic E-state index is 0.411. The minimum Gasteiger partial charge on any atom is -0.393 e. The molecule has 1 rings (SSSR count). The topological polar surface area (TPSA) is 48.2 Å². The van der Waals surface area contributed by atoms with E-state index >= 15 is 0 Å². The van der Waals surface area contributed by atoms with Crippen LogP contribution in [0.2, 0.25) is 0 Å². The highest BCUT2D eigenvalue weighted by molar-refractivity contribution is 6.49. The highest BCUT2D eigenvalue weighted by Crippen LogP contribution is 2.15. The molecular weight excluding hydrogens is 174 g/mol. The van der Waals surface area contributed by atoms with Crippen molar-refractivity contribution in [2.75, 3.05) is 7.05 Å². The first-order valence-corrected chi connectivity index (χ1v) is 3.92. The summed E-state index contributed by atoms with van der Waals surface area (Å²) in [5.41, 5.74) is 1.81. The Labute approximate surface area is 76.3 Å². The number of hydrogen-bond donors (Lipinski definition) is 2. The van der Waals surface area contributed by atoms with Gasteiger partial charge in [-0.05, 0) is 13.0 Å². The van der Waals surface area contributed by atoms with Gasteiger partial charge in [0.2, 0.25) is 0 Å². The molecule has 4 heteroatoms. The van der Waals surface area contributed by atoms with Crippen molar-refractivity contribution in [2.45, 2.75) is 6.92 Å². The van der Waals surface area contributed by atoms with Crippen molar-refractivity contribution in [2.24, 2.45) is 4.99 Å². The molecule has 0 aliphatic carbocycles. The third kappa shape index (κ3) is 1.74. The average Bonchev–Trinajstić information content (AvgIpc) is 2.00. The predicted molar refractivity (Wildman–Crippen MR) is 51.9 cm³/mol. The standard InChI is InChI=1S/C8H10ClN3/c1-5-8(10)6(4-11-2)3-7(9)12-5/h3-4,10-11H,1-2H3/b6-4-,10-8?.